The number of hydrogen-bond donors (Lipinski definition) is 1. The number of thioether (sulfide) groups is 1. The summed E-state index contributed by atoms with van der Waals surface area (Å²) >= 11 is 1.47. The average molecular weight is 340 g/mol. The van der Waals surface area contributed by atoms with Crippen LogP contribution in [0, 0.1) is 0 Å². The lowest BCUT2D eigenvalue weighted by molar-refractivity contribution is 0.413. The Balaban J connectivity index is 1.96. The lowest BCUT2D eigenvalue weighted by Gasteiger charge is -2.19. The summed E-state index contributed by atoms with van der Waals surface area (Å²) in [6.45, 7) is 4.20. The van der Waals surface area contributed by atoms with Crippen molar-refractivity contribution < 1.29 is 4.74 Å². The Morgan fingerprint density at radius 3 is 2.62 bits per heavy atom. The third-order valence-electron chi connectivity index (χ3n) is 3.75. The summed E-state index contributed by atoms with van der Waals surface area (Å²) in [6, 6.07) is 7.78. The standard InChI is InChI=1S/C18H20N4OS/c1-11(2)14-9-21-15(10-20-14)17-8-13(22-18(19)24-17)12-6-4-5-7-16(12)23-3/h4-11,17H,1-3H3,(H2,19,22). The molecule has 1 unspecified atom stereocenters. The zero-order valence-corrected chi connectivity index (χ0v) is 14.7. The van der Waals surface area contributed by atoms with Gasteiger partial charge in [0, 0.05) is 11.8 Å². The monoisotopic (exact) mass is 340 g/mol. The third-order valence-corrected chi connectivity index (χ3v) is 4.71. The fourth-order valence-corrected chi connectivity index (χ4v) is 3.29. The second-order valence-electron chi connectivity index (χ2n) is 5.76. The highest BCUT2D eigenvalue weighted by Crippen LogP contribution is 2.38. The quantitative estimate of drug-likeness (QED) is 0.917. The number of aromatic nitrogens is 2. The van der Waals surface area contributed by atoms with E-state index in [1.807, 2.05) is 36.7 Å². The first-order chi connectivity index (χ1) is 11.6. The highest BCUT2D eigenvalue weighted by Gasteiger charge is 2.21. The van der Waals surface area contributed by atoms with E-state index in [9.17, 15) is 0 Å². The van der Waals surface area contributed by atoms with Gasteiger partial charge < -0.3 is 10.5 Å². The average Bonchev–Trinajstić information content (AvgIpc) is 2.61. The Labute approximate surface area is 146 Å². The molecule has 1 aromatic heterocycles. The molecule has 6 heteroatoms. The van der Waals surface area contributed by atoms with Crippen LogP contribution in [0.1, 0.15) is 42.0 Å². The SMILES string of the molecule is COc1ccccc1C1=CC(c2cnc(C(C)C)cn2)SC(N)=N1. The van der Waals surface area contributed by atoms with Gasteiger partial charge in [-0.1, -0.05) is 37.7 Å². The number of methoxy groups -OCH3 is 1. The van der Waals surface area contributed by atoms with Crippen LogP contribution in [0.15, 0.2) is 47.7 Å². The van der Waals surface area contributed by atoms with Gasteiger partial charge >= 0.3 is 0 Å². The molecule has 124 valence electrons. The fourth-order valence-electron chi connectivity index (χ4n) is 2.43. The van der Waals surface area contributed by atoms with Crippen molar-refractivity contribution in [2.45, 2.75) is 25.0 Å². The summed E-state index contributed by atoms with van der Waals surface area (Å²) in [7, 11) is 1.65. The largest absolute Gasteiger partial charge is 0.496 e. The fraction of sp³-hybridized carbons (Fsp3) is 0.278. The molecule has 2 aromatic rings. The minimum absolute atomic E-state index is 0.0175. The van der Waals surface area contributed by atoms with Gasteiger partial charge in [0.05, 0.1) is 35.6 Å². The summed E-state index contributed by atoms with van der Waals surface area (Å²) in [6.07, 6.45) is 5.71. The second kappa shape index (κ2) is 7.05. The number of rotatable bonds is 4. The molecule has 1 aromatic carbocycles. The van der Waals surface area contributed by atoms with Crippen LogP contribution in [0.4, 0.5) is 0 Å². The number of benzene rings is 1. The second-order valence-corrected chi connectivity index (χ2v) is 6.92. The number of amidine groups is 1. The zero-order chi connectivity index (χ0) is 17.1. The van der Waals surface area contributed by atoms with Crippen LogP contribution in [-0.4, -0.2) is 22.2 Å². The predicted octanol–water partition coefficient (Wildman–Crippen LogP) is 3.75. The van der Waals surface area contributed by atoms with E-state index < -0.39 is 0 Å². The maximum absolute atomic E-state index is 6.04. The molecular formula is C18H20N4OS. The van der Waals surface area contributed by atoms with E-state index in [0.717, 1.165) is 28.4 Å². The van der Waals surface area contributed by atoms with Crippen LogP contribution in [-0.2, 0) is 0 Å². The van der Waals surface area contributed by atoms with E-state index in [4.69, 9.17) is 10.5 Å². The molecule has 3 rings (SSSR count). The Morgan fingerprint density at radius 1 is 1.17 bits per heavy atom. The summed E-state index contributed by atoms with van der Waals surface area (Å²) in [5.74, 6) is 1.13. The summed E-state index contributed by atoms with van der Waals surface area (Å²) in [5, 5.41) is 0.495. The van der Waals surface area contributed by atoms with E-state index >= 15 is 0 Å². The van der Waals surface area contributed by atoms with Crippen LogP contribution < -0.4 is 10.5 Å². The van der Waals surface area contributed by atoms with Crippen molar-refractivity contribution in [2.24, 2.45) is 10.7 Å². The molecule has 0 spiro atoms. The molecule has 0 saturated heterocycles. The predicted molar refractivity (Wildman–Crippen MR) is 99.0 cm³/mol. The number of nitrogens with two attached hydrogens (primary N) is 1. The molecule has 2 heterocycles. The lowest BCUT2D eigenvalue weighted by atomic mass is 10.1. The first-order valence-electron chi connectivity index (χ1n) is 7.76. The van der Waals surface area contributed by atoms with Gasteiger partial charge in [-0.2, -0.15) is 0 Å². The Hall–Kier alpha value is -2.34. The number of nitrogens with zero attached hydrogens (tertiary/aromatic N) is 3. The van der Waals surface area contributed by atoms with Crippen LogP contribution in [0.5, 0.6) is 5.75 Å². The highest BCUT2D eigenvalue weighted by atomic mass is 32.2. The molecule has 2 N–H and O–H groups in total. The van der Waals surface area contributed by atoms with Crippen molar-refractivity contribution >= 4 is 22.6 Å². The van der Waals surface area contributed by atoms with Crippen LogP contribution in [0.2, 0.25) is 0 Å². The molecule has 1 aliphatic rings. The third kappa shape index (κ3) is 3.43. The minimum Gasteiger partial charge on any atom is -0.496 e. The molecule has 0 saturated carbocycles. The van der Waals surface area contributed by atoms with Gasteiger partial charge in [-0.05, 0) is 24.1 Å². The zero-order valence-electron chi connectivity index (χ0n) is 13.9. The van der Waals surface area contributed by atoms with Crippen LogP contribution >= 0.6 is 11.8 Å². The summed E-state index contributed by atoms with van der Waals surface area (Å²) < 4.78 is 5.43. The van der Waals surface area contributed by atoms with E-state index in [1.165, 1.54) is 11.8 Å². The molecule has 0 amide bonds. The van der Waals surface area contributed by atoms with E-state index in [0.29, 0.717) is 11.1 Å². The number of para-hydroxylation sites is 1. The van der Waals surface area contributed by atoms with Crippen molar-refractivity contribution in [1.82, 2.24) is 9.97 Å². The van der Waals surface area contributed by atoms with Gasteiger partial charge in [-0.3, -0.25) is 9.97 Å². The Morgan fingerprint density at radius 2 is 1.96 bits per heavy atom. The smallest absolute Gasteiger partial charge is 0.160 e. The van der Waals surface area contributed by atoms with E-state index in [-0.39, 0.29) is 5.25 Å². The molecule has 5 nitrogen and oxygen atoms in total. The topological polar surface area (TPSA) is 73.4 Å². The molecular weight excluding hydrogens is 320 g/mol. The molecule has 1 atom stereocenters. The van der Waals surface area contributed by atoms with Gasteiger partial charge in [-0.25, -0.2) is 4.99 Å². The molecule has 0 aliphatic carbocycles. The molecule has 0 radical (unpaired) electrons. The Bertz CT molecular complexity index is 784. The first kappa shape index (κ1) is 16.5. The molecule has 24 heavy (non-hydrogen) atoms. The van der Waals surface area contributed by atoms with Crippen molar-refractivity contribution in [3.05, 3.63) is 59.7 Å². The number of ether oxygens (including phenoxy) is 1. The number of aliphatic imine (C=N–C) groups is 1. The van der Waals surface area contributed by atoms with Gasteiger partial charge in [0.1, 0.15) is 5.75 Å². The van der Waals surface area contributed by atoms with Crippen LogP contribution in [0.25, 0.3) is 5.70 Å². The highest BCUT2D eigenvalue weighted by molar-refractivity contribution is 8.14. The van der Waals surface area contributed by atoms with Gasteiger partial charge in [0.2, 0.25) is 0 Å². The normalized spacial score (nSPS) is 17.4. The molecule has 1 aliphatic heterocycles. The van der Waals surface area contributed by atoms with Crippen LogP contribution in [0.3, 0.4) is 0 Å². The first-order valence-corrected chi connectivity index (χ1v) is 8.64. The van der Waals surface area contributed by atoms with Crippen molar-refractivity contribution in [3.8, 4) is 5.75 Å². The summed E-state index contributed by atoms with van der Waals surface area (Å²) in [5.41, 5.74) is 9.61. The molecule has 0 bridgehead atoms. The maximum atomic E-state index is 6.04. The van der Waals surface area contributed by atoms with Gasteiger partial charge in [-0.15, -0.1) is 0 Å². The van der Waals surface area contributed by atoms with Gasteiger partial charge in [0.15, 0.2) is 5.17 Å². The van der Waals surface area contributed by atoms with Crippen molar-refractivity contribution in [1.29, 1.82) is 0 Å². The minimum atomic E-state index is -0.0175. The molecule has 0 fully saturated rings. The lowest BCUT2D eigenvalue weighted by Crippen LogP contribution is -2.14. The summed E-state index contributed by atoms with van der Waals surface area (Å²) in [4.78, 5) is 13.5. The van der Waals surface area contributed by atoms with E-state index in [2.05, 4.69) is 34.9 Å². The van der Waals surface area contributed by atoms with E-state index in [1.54, 1.807) is 7.11 Å². The Kier molecular flexibility index (Phi) is 4.85. The van der Waals surface area contributed by atoms with Crippen molar-refractivity contribution in [3.63, 3.8) is 0 Å². The maximum Gasteiger partial charge on any atom is 0.160 e. The van der Waals surface area contributed by atoms with Gasteiger partial charge in [0.25, 0.3) is 0 Å². The van der Waals surface area contributed by atoms with Crippen molar-refractivity contribution in [2.75, 3.05) is 7.11 Å². The number of hydrogen-bond acceptors (Lipinski definition) is 6.